The first kappa shape index (κ1) is 24.2. The van der Waals surface area contributed by atoms with Crippen LogP contribution in [0.4, 0.5) is 0 Å². The Balaban J connectivity index is 1.07. The smallest absolute Gasteiger partial charge is 0.251 e. The topological polar surface area (TPSA) is 68.6 Å². The van der Waals surface area contributed by atoms with Gasteiger partial charge in [-0.15, -0.1) is 11.3 Å². The molecule has 0 unspecified atom stereocenters. The van der Waals surface area contributed by atoms with Crippen molar-refractivity contribution in [2.45, 2.75) is 38.9 Å². The second-order valence-electron chi connectivity index (χ2n) is 9.88. The maximum absolute atomic E-state index is 13.2. The van der Waals surface area contributed by atoms with Crippen LogP contribution in [0.25, 0.3) is 21.5 Å². The summed E-state index contributed by atoms with van der Waals surface area (Å²) in [6.07, 6.45) is 3.99. The number of nitrogens with one attached hydrogen (secondary N) is 1. The van der Waals surface area contributed by atoms with Gasteiger partial charge in [0.1, 0.15) is 18.2 Å². The lowest BCUT2D eigenvalue weighted by atomic mass is 10.0. The summed E-state index contributed by atoms with van der Waals surface area (Å²) >= 11 is 1.57. The molecule has 0 amide bonds. The minimum Gasteiger partial charge on any atom is -0.486 e. The van der Waals surface area contributed by atoms with Crippen LogP contribution in [0.1, 0.15) is 24.0 Å². The second-order valence-corrected chi connectivity index (χ2v) is 10.8. The van der Waals surface area contributed by atoms with Crippen molar-refractivity contribution in [1.82, 2.24) is 19.8 Å². The molecule has 0 radical (unpaired) electrons. The van der Waals surface area contributed by atoms with Gasteiger partial charge in [-0.2, -0.15) is 0 Å². The zero-order chi connectivity index (χ0) is 25.2. The van der Waals surface area contributed by atoms with Crippen LogP contribution in [0.2, 0.25) is 0 Å². The summed E-state index contributed by atoms with van der Waals surface area (Å²) in [5, 5.41) is 7.65. The number of nitrogens with zero attached hydrogens (tertiary/aromatic N) is 3. The quantitative estimate of drug-likeness (QED) is 0.391. The van der Waals surface area contributed by atoms with Crippen LogP contribution in [-0.4, -0.2) is 53.3 Å². The Morgan fingerprint density at radius 1 is 1.03 bits per heavy atom. The first-order valence-electron chi connectivity index (χ1n) is 13.0. The first-order valence-corrected chi connectivity index (χ1v) is 13.9. The van der Waals surface area contributed by atoms with Crippen molar-refractivity contribution in [2.75, 3.05) is 32.8 Å². The fourth-order valence-electron chi connectivity index (χ4n) is 5.32. The predicted molar refractivity (Wildman–Crippen MR) is 148 cm³/mol. The number of ether oxygens (including phenoxy) is 2. The summed E-state index contributed by atoms with van der Waals surface area (Å²) in [5.74, 6) is 1.68. The van der Waals surface area contributed by atoms with Gasteiger partial charge in [0.25, 0.3) is 5.56 Å². The second kappa shape index (κ2) is 10.7. The molecular weight excluding hydrogens is 484 g/mol. The van der Waals surface area contributed by atoms with E-state index in [9.17, 15) is 4.79 Å². The Hall–Kier alpha value is -3.20. The van der Waals surface area contributed by atoms with Gasteiger partial charge in [0.15, 0.2) is 11.5 Å². The number of hydrogen-bond donors (Lipinski definition) is 1. The molecule has 4 heterocycles. The van der Waals surface area contributed by atoms with E-state index in [1.807, 2.05) is 16.0 Å². The van der Waals surface area contributed by atoms with Gasteiger partial charge in [0, 0.05) is 54.3 Å². The molecule has 4 aromatic rings. The lowest BCUT2D eigenvalue weighted by molar-refractivity contribution is 0.171. The van der Waals surface area contributed by atoms with Gasteiger partial charge in [0.2, 0.25) is 0 Å². The van der Waals surface area contributed by atoms with Crippen LogP contribution in [0.15, 0.2) is 58.8 Å². The number of piperidine rings is 1. The summed E-state index contributed by atoms with van der Waals surface area (Å²) < 4.78 is 13.3. The Morgan fingerprint density at radius 2 is 1.86 bits per heavy atom. The van der Waals surface area contributed by atoms with E-state index in [1.165, 1.54) is 5.56 Å². The number of fused-ring (bicyclic) bond motifs is 2. The minimum absolute atomic E-state index is 0.0410. The van der Waals surface area contributed by atoms with E-state index in [-0.39, 0.29) is 5.56 Å². The van der Waals surface area contributed by atoms with Gasteiger partial charge in [-0.1, -0.05) is 18.2 Å². The number of benzene rings is 2. The van der Waals surface area contributed by atoms with Crippen LogP contribution in [0.3, 0.4) is 0 Å². The number of thiazole rings is 1. The van der Waals surface area contributed by atoms with Crippen molar-refractivity contribution < 1.29 is 9.47 Å². The average Bonchev–Trinajstić information content (AvgIpc) is 3.46. The number of aromatic nitrogens is 2. The van der Waals surface area contributed by atoms with Crippen molar-refractivity contribution in [3.8, 4) is 22.1 Å². The molecular formula is C29H32N4O3S. The maximum atomic E-state index is 13.2. The number of likely N-dealkylation sites (tertiary alicyclic amines) is 1. The van der Waals surface area contributed by atoms with Gasteiger partial charge >= 0.3 is 0 Å². The lowest BCUT2D eigenvalue weighted by Gasteiger charge is -2.32. The molecule has 0 spiro atoms. The maximum Gasteiger partial charge on any atom is 0.251 e. The highest BCUT2D eigenvalue weighted by atomic mass is 32.1. The number of hydrogen-bond acceptors (Lipinski definition) is 7. The Morgan fingerprint density at radius 3 is 2.68 bits per heavy atom. The molecule has 7 nitrogen and oxygen atoms in total. The van der Waals surface area contributed by atoms with E-state index in [2.05, 4.69) is 52.5 Å². The molecule has 192 valence electrons. The highest BCUT2D eigenvalue weighted by Gasteiger charge is 2.20. The highest BCUT2D eigenvalue weighted by molar-refractivity contribution is 7.13. The lowest BCUT2D eigenvalue weighted by Crippen LogP contribution is -2.43. The third kappa shape index (κ3) is 5.28. The monoisotopic (exact) mass is 516 g/mol. The van der Waals surface area contributed by atoms with Crippen molar-refractivity contribution >= 4 is 22.2 Å². The third-order valence-electron chi connectivity index (χ3n) is 7.36. The Labute approximate surface area is 220 Å². The van der Waals surface area contributed by atoms with Gasteiger partial charge in [0.05, 0.1) is 5.52 Å². The van der Waals surface area contributed by atoms with Crippen molar-refractivity contribution in [3.05, 3.63) is 75.5 Å². The third-order valence-corrected chi connectivity index (χ3v) is 8.17. The van der Waals surface area contributed by atoms with E-state index < -0.39 is 0 Å². The normalized spacial score (nSPS) is 16.4. The molecule has 6 rings (SSSR count). The molecule has 1 saturated heterocycles. The number of aryl methyl sites for hydroxylation is 1. The summed E-state index contributed by atoms with van der Waals surface area (Å²) in [7, 11) is 0. The standard InChI is InChI=1S/C29H32N4O3S/c1-20-2-4-23-24(29-30-8-15-37-29)18-28(34)33(25(23)16-20)12-11-32-9-6-22(7-10-32)31-19-21-3-5-26-27(17-21)36-14-13-35-26/h2-5,8,15-18,22,31H,6-7,9-14,19H2,1H3. The van der Waals surface area contributed by atoms with Crippen molar-refractivity contribution in [1.29, 1.82) is 0 Å². The van der Waals surface area contributed by atoms with E-state index >= 15 is 0 Å². The van der Waals surface area contributed by atoms with E-state index in [0.29, 0.717) is 25.8 Å². The molecule has 8 heteroatoms. The SMILES string of the molecule is Cc1ccc2c(-c3nccs3)cc(=O)n(CCN3CCC(NCc4ccc5c(c4)OCCO5)CC3)c2c1. The van der Waals surface area contributed by atoms with E-state index in [0.717, 1.165) is 77.6 Å². The summed E-state index contributed by atoms with van der Waals surface area (Å²) in [4.78, 5) is 20.1. The molecule has 2 aliphatic rings. The molecule has 0 bridgehead atoms. The Kier molecular flexibility index (Phi) is 6.95. The van der Waals surface area contributed by atoms with Crippen LogP contribution in [-0.2, 0) is 13.1 Å². The average molecular weight is 517 g/mol. The number of pyridine rings is 1. The summed E-state index contributed by atoms with van der Waals surface area (Å²) in [5.41, 5.74) is 4.33. The number of rotatable bonds is 7. The van der Waals surface area contributed by atoms with Crippen LogP contribution in [0, 0.1) is 6.92 Å². The van der Waals surface area contributed by atoms with E-state index in [1.54, 1.807) is 23.6 Å². The van der Waals surface area contributed by atoms with Crippen LogP contribution >= 0.6 is 11.3 Å². The van der Waals surface area contributed by atoms with Gasteiger partial charge in [-0.3, -0.25) is 4.79 Å². The molecule has 1 N–H and O–H groups in total. The van der Waals surface area contributed by atoms with Crippen molar-refractivity contribution in [2.24, 2.45) is 0 Å². The highest BCUT2D eigenvalue weighted by Crippen LogP contribution is 2.31. The summed E-state index contributed by atoms with van der Waals surface area (Å²) in [6, 6.07) is 14.8. The molecule has 0 saturated carbocycles. The molecule has 0 atom stereocenters. The zero-order valence-electron chi connectivity index (χ0n) is 21.1. The molecule has 2 aromatic carbocycles. The van der Waals surface area contributed by atoms with Gasteiger partial charge < -0.3 is 24.3 Å². The minimum atomic E-state index is 0.0410. The summed E-state index contributed by atoms with van der Waals surface area (Å²) in [6.45, 7) is 7.75. The van der Waals surface area contributed by atoms with Crippen LogP contribution in [0.5, 0.6) is 11.5 Å². The van der Waals surface area contributed by atoms with E-state index in [4.69, 9.17) is 9.47 Å². The van der Waals surface area contributed by atoms with Crippen molar-refractivity contribution in [3.63, 3.8) is 0 Å². The van der Waals surface area contributed by atoms with Crippen LogP contribution < -0.4 is 20.3 Å². The Bertz CT molecular complexity index is 1440. The fraction of sp³-hybridized carbons (Fsp3) is 0.379. The zero-order valence-corrected chi connectivity index (χ0v) is 21.9. The molecule has 1 fully saturated rings. The fourth-order valence-corrected chi connectivity index (χ4v) is 5.98. The first-order chi connectivity index (χ1) is 18.1. The molecule has 37 heavy (non-hydrogen) atoms. The van der Waals surface area contributed by atoms with Gasteiger partial charge in [-0.25, -0.2) is 4.98 Å². The van der Waals surface area contributed by atoms with Gasteiger partial charge in [-0.05, 0) is 62.2 Å². The molecule has 2 aromatic heterocycles. The molecule has 0 aliphatic carbocycles. The predicted octanol–water partition coefficient (Wildman–Crippen LogP) is 4.46. The largest absolute Gasteiger partial charge is 0.486 e. The molecule has 2 aliphatic heterocycles.